The molecule has 17 heavy (non-hydrogen) atoms. The van der Waals surface area contributed by atoms with E-state index in [0.717, 1.165) is 10.2 Å². The number of rotatable bonds is 3. The third-order valence-corrected chi connectivity index (χ3v) is 3.45. The summed E-state index contributed by atoms with van der Waals surface area (Å²) >= 11 is 3.51. The van der Waals surface area contributed by atoms with Crippen LogP contribution in [-0.2, 0) is 0 Å². The summed E-state index contributed by atoms with van der Waals surface area (Å²) in [5.41, 5.74) is 2.50. The van der Waals surface area contributed by atoms with Crippen LogP contribution >= 0.6 is 15.9 Å². The van der Waals surface area contributed by atoms with Crippen molar-refractivity contribution in [2.45, 2.75) is 12.8 Å². The Labute approximate surface area is 111 Å². The van der Waals surface area contributed by atoms with Crippen LogP contribution in [-0.4, -0.2) is 7.11 Å². The number of methoxy groups -OCH3 is 1. The lowest BCUT2D eigenvalue weighted by atomic mass is 9.92. The lowest BCUT2D eigenvalue weighted by molar-refractivity contribution is 0.408. The number of para-hydroxylation sites is 1. The van der Waals surface area contributed by atoms with Crippen molar-refractivity contribution in [3.8, 4) is 5.75 Å². The summed E-state index contributed by atoms with van der Waals surface area (Å²) in [6.45, 7) is 2.19. The summed E-state index contributed by atoms with van der Waals surface area (Å²) in [4.78, 5) is 0. The molecule has 0 amide bonds. The highest BCUT2D eigenvalue weighted by Crippen LogP contribution is 2.32. The van der Waals surface area contributed by atoms with Crippen LogP contribution in [0.4, 0.5) is 0 Å². The highest BCUT2D eigenvalue weighted by Gasteiger charge is 2.12. The summed E-state index contributed by atoms with van der Waals surface area (Å²) in [5, 5.41) is 0. The third-order valence-electron chi connectivity index (χ3n) is 2.95. The van der Waals surface area contributed by atoms with Crippen LogP contribution in [0.2, 0.25) is 0 Å². The molecule has 0 aliphatic carbocycles. The zero-order chi connectivity index (χ0) is 12.3. The molecule has 2 heteroatoms. The molecule has 2 rings (SSSR count). The largest absolute Gasteiger partial charge is 0.496 e. The molecule has 0 radical (unpaired) electrons. The zero-order valence-electron chi connectivity index (χ0n) is 9.98. The van der Waals surface area contributed by atoms with Gasteiger partial charge >= 0.3 is 0 Å². The average Bonchev–Trinajstić information content (AvgIpc) is 2.38. The first-order chi connectivity index (χ1) is 8.22. The molecule has 0 aliphatic heterocycles. The van der Waals surface area contributed by atoms with Crippen LogP contribution in [0.25, 0.3) is 0 Å². The Morgan fingerprint density at radius 2 is 1.82 bits per heavy atom. The molecular weight excluding hydrogens is 276 g/mol. The van der Waals surface area contributed by atoms with Gasteiger partial charge in [-0.05, 0) is 23.8 Å². The standard InChI is InChI=1S/C15H15BrO/c1-11(12-6-5-7-13(16)10-12)14-8-3-4-9-15(14)17-2/h3-11H,1-2H3. The minimum Gasteiger partial charge on any atom is -0.496 e. The van der Waals surface area contributed by atoms with Crippen molar-refractivity contribution in [1.29, 1.82) is 0 Å². The third kappa shape index (κ3) is 2.70. The maximum Gasteiger partial charge on any atom is 0.122 e. The summed E-state index contributed by atoms with van der Waals surface area (Å²) in [7, 11) is 1.71. The van der Waals surface area contributed by atoms with Crippen molar-refractivity contribution < 1.29 is 4.74 Å². The van der Waals surface area contributed by atoms with E-state index in [0.29, 0.717) is 5.92 Å². The molecule has 0 fully saturated rings. The van der Waals surface area contributed by atoms with Crippen LogP contribution in [0.15, 0.2) is 53.0 Å². The first kappa shape index (κ1) is 12.2. The zero-order valence-corrected chi connectivity index (χ0v) is 11.6. The molecule has 1 nitrogen and oxygen atoms in total. The number of hydrogen-bond acceptors (Lipinski definition) is 1. The van der Waals surface area contributed by atoms with E-state index in [1.165, 1.54) is 11.1 Å². The van der Waals surface area contributed by atoms with Gasteiger partial charge in [-0.1, -0.05) is 53.2 Å². The normalized spacial score (nSPS) is 12.2. The highest BCUT2D eigenvalue weighted by atomic mass is 79.9. The molecule has 0 aromatic heterocycles. The van der Waals surface area contributed by atoms with Crippen molar-refractivity contribution >= 4 is 15.9 Å². The Morgan fingerprint density at radius 1 is 1.06 bits per heavy atom. The van der Waals surface area contributed by atoms with Gasteiger partial charge in [0.2, 0.25) is 0 Å². The van der Waals surface area contributed by atoms with Gasteiger partial charge in [0, 0.05) is 16.0 Å². The first-order valence-corrected chi connectivity index (χ1v) is 6.40. The van der Waals surface area contributed by atoms with Crippen molar-refractivity contribution in [2.24, 2.45) is 0 Å². The summed E-state index contributed by atoms with van der Waals surface area (Å²) in [5.74, 6) is 1.27. The van der Waals surface area contributed by atoms with E-state index >= 15 is 0 Å². The topological polar surface area (TPSA) is 9.23 Å². The Kier molecular flexibility index (Phi) is 3.85. The first-order valence-electron chi connectivity index (χ1n) is 5.60. The number of benzene rings is 2. The Hall–Kier alpha value is -1.28. The average molecular weight is 291 g/mol. The highest BCUT2D eigenvalue weighted by molar-refractivity contribution is 9.10. The van der Waals surface area contributed by atoms with Crippen LogP contribution in [0, 0.1) is 0 Å². The molecular formula is C15H15BrO. The smallest absolute Gasteiger partial charge is 0.122 e. The van der Waals surface area contributed by atoms with E-state index in [4.69, 9.17) is 4.74 Å². The number of ether oxygens (including phenoxy) is 1. The molecule has 0 saturated heterocycles. The second-order valence-electron chi connectivity index (χ2n) is 4.02. The second kappa shape index (κ2) is 5.37. The molecule has 1 atom stereocenters. The minimum atomic E-state index is 0.323. The molecule has 2 aromatic rings. The van der Waals surface area contributed by atoms with Crippen molar-refractivity contribution in [2.75, 3.05) is 7.11 Å². The predicted molar refractivity (Wildman–Crippen MR) is 74.7 cm³/mol. The molecule has 0 heterocycles. The summed E-state index contributed by atoms with van der Waals surface area (Å²) in [6.07, 6.45) is 0. The van der Waals surface area contributed by atoms with Crippen LogP contribution < -0.4 is 4.74 Å². The van der Waals surface area contributed by atoms with Gasteiger partial charge in [0.25, 0.3) is 0 Å². The fraction of sp³-hybridized carbons (Fsp3) is 0.200. The van der Waals surface area contributed by atoms with Crippen LogP contribution in [0.3, 0.4) is 0 Å². The molecule has 0 aliphatic rings. The van der Waals surface area contributed by atoms with E-state index in [2.05, 4.69) is 47.1 Å². The Bertz CT molecular complexity index is 508. The SMILES string of the molecule is COc1ccccc1C(C)c1cccc(Br)c1. The molecule has 1 unspecified atom stereocenters. The molecule has 0 bridgehead atoms. The van der Waals surface area contributed by atoms with E-state index in [1.54, 1.807) is 7.11 Å². The minimum absolute atomic E-state index is 0.323. The lowest BCUT2D eigenvalue weighted by Crippen LogP contribution is -1.99. The van der Waals surface area contributed by atoms with E-state index < -0.39 is 0 Å². The number of hydrogen-bond donors (Lipinski definition) is 0. The van der Waals surface area contributed by atoms with E-state index in [1.807, 2.05) is 24.3 Å². The van der Waals surface area contributed by atoms with Gasteiger partial charge in [-0.2, -0.15) is 0 Å². The van der Waals surface area contributed by atoms with Crippen LogP contribution in [0.5, 0.6) is 5.75 Å². The molecule has 88 valence electrons. The fourth-order valence-corrected chi connectivity index (χ4v) is 2.40. The molecule has 0 saturated carbocycles. The van der Waals surface area contributed by atoms with Gasteiger partial charge < -0.3 is 4.74 Å². The molecule has 2 aromatic carbocycles. The van der Waals surface area contributed by atoms with Gasteiger partial charge in [0.15, 0.2) is 0 Å². The van der Waals surface area contributed by atoms with Gasteiger partial charge in [0.1, 0.15) is 5.75 Å². The van der Waals surface area contributed by atoms with E-state index in [-0.39, 0.29) is 0 Å². The summed E-state index contributed by atoms with van der Waals surface area (Å²) in [6, 6.07) is 16.6. The van der Waals surface area contributed by atoms with E-state index in [9.17, 15) is 0 Å². The second-order valence-corrected chi connectivity index (χ2v) is 4.93. The fourth-order valence-electron chi connectivity index (χ4n) is 1.98. The van der Waals surface area contributed by atoms with Crippen molar-refractivity contribution in [3.05, 3.63) is 64.1 Å². The number of halogens is 1. The Morgan fingerprint density at radius 3 is 2.53 bits per heavy atom. The van der Waals surface area contributed by atoms with Gasteiger partial charge in [-0.15, -0.1) is 0 Å². The predicted octanol–water partition coefficient (Wildman–Crippen LogP) is 4.61. The molecule has 0 spiro atoms. The monoisotopic (exact) mass is 290 g/mol. The lowest BCUT2D eigenvalue weighted by Gasteiger charge is -2.16. The van der Waals surface area contributed by atoms with Gasteiger partial charge in [-0.25, -0.2) is 0 Å². The van der Waals surface area contributed by atoms with Gasteiger partial charge in [0.05, 0.1) is 7.11 Å². The summed E-state index contributed by atoms with van der Waals surface area (Å²) < 4.78 is 6.51. The maximum atomic E-state index is 5.41. The Balaban J connectivity index is 2.40. The maximum absolute atomic E-state index is 5.41. The molecule has 0 N–H and O–H groups in total. The van der Waals surface area contributed by atoms with Crippen molar-refractivity contribution in [1.82, 2.24) is 0 Å². The van der Waals surface area contributed by atoms with Gasteiger partial charge in [-0.3, -0.25) is 0 Å². The van der Waals surface area contributed by atoms with Crippen molar-refractivity contribution in [3.63, 3.8) is 0 Å². The van der Waals surface area contributed by atoms with Crippen LogP contribution in [0.1, 0.15) is 24.0 Å². The quantitative estimate of drug-likeness (QED) is 0.802.